The Kier molecular flexibility index (Phi) is 6.50. The van der Waals surface area contributed by atoms with Crippen LogP contribution in [0.4, 0.5) is 5.95 Å². The van der Waals surface area contributed by atoms with Gasteiger partial charge in [-0.1, -0.05) is 6.07 Å². The van der Waals surface area contributed by atoms with Crippen molar-refractivity contribution < 1.29 is 14.3 Å². The van der Waals surface area contributed by atoms with E-state index in [9.17, 15) is 4.79 Å². The van der Waals surface area contributed by atoms with Gasteiger partial charge in [-0.25, -0.2) is 9.97 Å². The van der Waals surface area contributed by atoms with E-state index in [1.165, 1.54) is 5.56 Å². The number of hydrogen-bond donors (Lipinski definition) is 2. The van der Waals surface area contributed by atoms with Crippen LogP contribution < -0.4 is 25.0 Å². The van der Waals surface area contributed by atoms with Gasteiger partial charge in [0.2, 0.25) is 11.9 Å². The minimum absolute atomic E-state index is 0.153. The molecule has 1 amide bonds. The SMILES string of the molecule is COc1ccc([C@H]2C[C@@H](NCc3cnc(N(C)C)nc3)CC[C@]23CCC(=O)N3)cc1OC. The molecule has 1 saturated carbocycles. The number of nitrogens with zero attached hydrogens (tertiary/aromatic N) is 3. The van der Waals surface area contributed by atoms with Crippen LogP contribution >= 0.6 is 0 Å². The molecule has 2 aromatic rings. The van der Waals surface area contributed by atoms with Crippen molar-refractivity contribution in [1.29, 1.82) is 0 Å². The number of ether oxygens (including phenoxy) is 2. The second-order valence-electron chi connectivity index (χ2n) is 9.01. The molecule has 0 unspecified atom stereocenters. The van der Waals surface area contributed by atoms with E-state index in [-0.39, 0.29) is 17.4 Å². The van der Waals surface area contributed by atoms with Crippen molar-refractivity contribution in [1.82, 2.24) is 20.6 Å². The van der Waals surface area contributed by atoms with E-state index < -0.39 is 0 Å². The minimum atomic E-state index is -0.189. The van der Waals surface area contributed by atoms with Gasteiger partial charge in [-0.05, 0) is 43.4 Å². The molecule has 8 heteroatoms. The van der Waals surface area contributed by atoms with Gasteiger partial charge in [-0.2, -0.15) is 0 Å². The van der Waals surface area contributed by atoms with Gasteiger partial charge >= 0.3 is 0 Å². The largest absolute Gasteiger partial charge is 0.493 e. The number of hydrogen-bond acceptors (Lipinski definition) is 7. The van der Waals surface area contributed by atoms with Crippen molar-refractivity contribution in [2.45, 2.75) is 56.1 Å². The lowest BCUT2D eigenvalue weighted by atomic mass is 9.67. The zero-order chi connectivity index (χ0) is 22.7. The summed E-state index contributed by atoms with van der Waals surface area (Å²) in [5, 5.41) is 7.02. The molecule has 4 rings (SSSR count). The van der Waals surface area contributed by atoms with E-state index >= 15 is 0 Å². The van der Waals surface area contributed by atoms with Crippen LogP contribution in [-0.2, 0) is 11.3 Å². The predicted octanol–water partition coefficient (Wildman–Crippen LogP) is 2.63. The van der Waals surface area contributed by atoms with Crippen LogP contribution in [0, 0.1) is 0 Å². The average molecular weight is 440 g/mol. The Balaban J connectivity index is 1.51. The molecule has 0 radical (unpaired) electrons. The Morgan fingerprint density at radius 2 is 1.91 bits per heavy atom. The smallest absolute Gasteiger partial charge is 0.224 e. The zero-order valence-electron chi connectivity index (χ0n) is 19.4. The number of amides is 1. The third-order valence-electron chi connectivity index (χ3n) is 6.81. The van der Waals surface area contributed by atoms with Crippen molar-refractivity contribution in [3.63, 3.8) is 0 Å². The number of methoxy groups -OCH3 is 2. The lowest BCUT2D eigenvalue weighted by Gasteiger charge is -2.45. The van der Waals surface area contributed by atoms with Crippen LogP contribution in [0.1, 0.15) is 49.1 Å². The quantitative estimate of drug-likeness (QED) is 0.686. The monoisotopic (exact) mass is 439 g/mol. The molecule has 1 spiro atoms. The summed E-state index contributed by atoms with van der Waals surface area (Å²) in [7, 11) is 7.16. The fraction of sp³-hybridized carbons (Fsp3) is 0.542. The lowest BCUT2D eigenvalue weighted by molar-refractivity contribution is -0.120. The molecule has 172 valence electrons. The molecule has 2 heterocycles. The molecule has 8 nitrogen and oxygen atoms in total. The average Bonchev–Trinajstić information content (AvgIpc) is 3.19. The van der Waals surface area contributed by atoms with Crippen LogP contribution in [0.3, 0.4) is 0 Å². The fourth-order valence-electron chi connectivity index (χ4n) is 5.06. The maximum Gasteiger partial charge on any atom is 0.224 e. The summed E-state index contributed by atoms with van der Waals surface area (Å²) >= 11 is 0. The Labute approximate surface area is 189 Å². The first-order chi connectivity index (χ1) is 15.4. The molecule has 1 aromatic carbocycles. The maximum absolute atomic E-state index is 12.2. The van der Waals surface area contributed by atoms with Gasteiger partial charge in [-0.15, -0.1) is 0 Å². The molecule has 2 aliphatic rings. The molecule has 1 aliphatic heterocycles. The van der Waals surface area contributed by atoms with Gasteiger partial charge in [0.05, 0.1) is 14.2 Å². The number of carbonyl (C=O) groups excluding carboxylic acids is 1. The number of rotatable bonds is 7. The maximum atomic E-state index is 12.2. The number of nitrogens with one attached hydrogen (secondary N) is 2. The topological polar surface area (TPSA) is 88.6 Å². The van der Waals surface area contributed by atoms with Crippen LogP contribution in [0.25, 0.3) is 0 Å². The highest BCUT2D eigenvalue weighted by Gasteiger charge is 2.48. The van der Waals surface area contributed by atoms with Crippen LogP contribution in [0.15, 0.2) is 30.6 Å². The molecule has 2 N–H and O–H groups in total. The van der Waals surface area contributed by atoms with Crippen LogP contribution in [0.5, 0.6) is 11.5 Å². The first kappa shape index (κ1) is 22.3. The van der Waals surface area contributed by atoms with Crippen molar-refractivity contribution in [3.05, 3.63) is 41.7 Å². The third kappa shape index (κ3) is 4.50. The summed E-state index contributed by atoms with van der Waals surface area (Å²) in [4.78, 5) is 22.9. The lowest BCUT2D eigenvalue weighted by Crippen LogP contribution is -2.53. The van der Waals surface area contributed by atoms with E-state index in [2.05, 4.69) is 32.7 Å². The fourth-order valence-corrected chi connectivity index (χ4v) is 5.06. The molecule has 1 aromatic heterocycles. The van der Waals surface area contributed by atoms with Crippen LogP contribution in [-0.4, -0.2) is 55.8 Å². The van der Waals surface area contributed by atoms with Crippen LogP contribution in [0.2, 0.25) is 0 Å². The van der Waals surface area contributed by atoms with E-state index in [4.69, 9.17) is 9.47 Å². The van der Waals surface area contributed by atoms with Gasteiger partial charge < -0.3 is 25.0 Å². The molecular formula is C24H33N5O3. The van der Waals surface area contributed by atoms with Gasteiger partial charge in [0.15, 0.2) is 11.5 Å². The minimum Gasteiger partial charge on any atom is -0.493 e. The summed E-state index contributed by atoms with van der Waals surface area (Å²) in [6.45, 7) is 0.719. The standard InChI is InChI=1S/C24H33N5O3/c1-29(2)23-26-14-16(15-27-23)13-25-18-7-9-24(10-8-22(30)28-24)19(12-18)17-5-6-20(31-3)21(11-17)32-4/h5-6,11,14-15,18-19,25H,7-10,12-13H2,1-4H3,(H,28,30)/t18-,19+,24-/m0/s1. The second kappa shape index (κ2) is 9.32. The summed E-state index contributed by atoms with van der Waals surface area (Å²) in [6.07, 6.45) is 8.12. The molecule has 0 bridgehead atoms. The number of carbonyl (C=O) groups is 1. The van der Waals surface area contributed by atoms with E-state index in [0.29, 0.717) is 24.2 Å². The molecule has 32 heavy (non-hydrogen) atoms. The molecule has 2 fully saturated rings. The third-order valence-corrected chi connectivity index (χ3v) is 6.81. The Morgan fingerprint density at radius 1 is 1.16 bits per heavy atom. The van der Waals surface area contributed by atoms with E-state index in [0.717, 1.165) is 43.5 Å². The molecule has 1 aliphatic carbocycles. The highest BCUT2D eigenvalue weighted by atomic mass is 16.5. The first-order valence-corrected chi connectivity index (χ1v) is 11.2. The first-order valence-electron chi connectivity index (χ1n) is 11.2. The Morgan fingerprint density at radius 3 is 2.53 bits per heavy atom. The van der Waals surface area contributed by atoms with Crippen molar-refractivity contribution in [2.75, 3.05) is 33.2 Å². The van der Waals surface area contributed by atoms with Gasteiger partial charge in [0, 0.05) is 62.5 Å². The van der Waals surface area contributed by atoms with Crippen molar-refractivity contribution in [2.24, 2.45) is 0 Å². The Bertz CT molecular complexity index is 949. The molecule has 3 atom stereocenters. The molecular weight excluding hydrogens is 406 g/mol. The summed E-state index contributed by atoms with van der Waals surface area (Å²) in [5.41, 5.74) is 2.05. The van der Waals surface area contributed by atoms with E-state index in [1.54, 1.807) is 14.2 Å². The van der Waals surface area contributed by atoms with Gasteiger partial charge in [0.25, 0.3) is 0 Å². The second-order valence-corrected chi connectivity index (χ2v) is 9.01. The normalized spacial score (nSPS) is 24.9. The van der Waals surface area contributed by atoms with Gasteiger partial charge in [-0.3, -0.25) is 4.79 Å². The molecule has 1 saturated heterocycles. The van der Waals surface area contributed by atoms with Crippen molar-refractivity contribution in [3.8, 4) is 11.5 Å². The number of aromatic nitrogens is 2. The summed E-state index contributed by atoms with van der Waals surface area (Å²) in [6, 6.07) is 6.46. The predicted molar refractivity (Wildman–Crippen MR) is 123 cm³/mol. The number of benzene rings is 1. The summed E-state index contributed by atoms with van der Waals surface area (Å²) < 4.78 is 11.0. The van der Waals surface area contributed by atoms with E-state index in [1.807, 2.05) is 37.5 Å². The van der Waals surface area contributed by atoms with Gasteiger partial charge in [0.1, 0.15) is 0 Å². The van der Waals surface area contributed by atoms with Crippen molar-refractivity contribution >= 4 is 11.9 Å². The highest BCUT2D eigenvalue weighted by Crippen LogP contribution is 2.47. The summed E-state index contributed by atoms with van der Waals surface area (Å²) in [5.74, 6) is 2.50. The zero-order valence-corrected chi connectivity index (χ0v) is 19.4. The Hall–Kier alpha value is -2.87. The highest BCUT2D eigenvalue weighted by molar-refractivity contribution is 5.79. The number of anilines is 1.